The number of nitrogens with two attached hydrogens (primary N) is 1. The van der Waals surface area contributed by atoms with Crippen molar-refractivity contribution in [2.75, 3.05) is 5.73 Å². The number of aromatic nitrogens is 4. The van der Waals surface area contributed by atoms with Gasteiger partial charge in [0.05, 0.1) is 5.52 Å². The molecule has 0 bridgehead atoms. The fourth-order valence-corrected chi connectivity index (χ4v) is 1.81. The summed E-state index contributed by atoms with van der Waals surface area (Å²) < 4.78 is 5.59. The first-order valence-corrected chi connectivity index (χ1v) is 5.79. The highest BCUT2D eigenvalue weighted by Gasteiger charge is 2.08. The molecule has 0 aliphatic carbocycles. The summed E-state index contributed by atoms with van der Waals surface area (Å²) in [5.41, 5.74) is 6.30. The summed E-state index contributed by atoms with van der Waals surface area (Å²) in [6.45, 7) is 0. The Morgan fingerprint density at radius 1 is 1.05 bits per heavy atom. The minimum Gasteiger partial charge on any atom is -0.423 e. The minimum absolute atomic E-state index is 0.00774. The van der Waals surface area contributed by atoms with Crippen LogP contribution < -0.4 is 10.5 Å². The first kappa shape index (κ1) is 11.6. The standard InChI is InChI=1S/C12H8ClN5O/c13-10-16-11(14)18-12(17-10)19-9-5-1-4-8-7(9)3-2-6-15-8/h1-6H,(H2,14,16,17,18). The van der Waals surface area contributed by atoms with Gasteiger partial charge in [-0.3, -0.25) is 4.98 Å². The summed E-state index contributed by atoms with van der Waals surface area (Å²) in [4.78, 5) is 15.6. The van der Waals surface area contributed by atoms with Crippen LogP contribution >= 0.6 is 11.6 Å². The molecule has 0 atom stereocenters. The largest absolute Gasteiger partial charge is 0.423 e. The third-order valence-electron chi connectivity index (χ3n) is 2.41. The number of hydrogen-bond acceptors (Lipinski definition) is 6. The van der Waals surface area contributed by atoms with Gasteiger partial charge >= 0.3 is 6.01 Å². The van der Waals surface area contributed by atoms with Gasteiger partial charge in [0, 0.05) is 11.6 Å². The summed E-state index contributed by atoms with van der Waals surface area (Å²) in [7, 11) is 0. The second-order valence-corrected chi connectivity index (χ2v) is 4.01. The molecule has 3 aromatic rings. The molecule has 3 rings (SSSR count). The molecule has 0 saturated carbocycles. The predicted molar refractivity (Wildman–Crippen MR) is 71.1 cm³/mol. The smallest absolute Gasteiger partial charge is 0.328 e. The maximum atomic E-state index is 5.70. The third-order valence-corrected chi connectivity index (χ3v) is 2.58. The molecule has 94 valence electrons. The summed E-state index contributed by atoms with van der Waals surface area (Å²) in [6, 6.07) is 9.27. The van der Waals surface area contributed by atoms with Gasteiger partial charge in [-0.15, -0.1) is 0 Å². The van der Waals surface area contributed by atoms with E-state index in [4.69, 9.17) is 22.1 Å². The zero-order valence-electron chi connectivity index (χ0n) is 9.62. The van der Waals surface area contributed by atoms with Crippen LogP contribution in [0.4, 0.5) is 5.95 Å². The van der Waals surface area contributed by atoms with Gasteiger partial charge in [0.1, 0.15) is 5.75 Å². The fourth-order valence-electron chi connectivity index (χ4n) is 1.65. The van der Waals surface area contributed by atoms with E-state index in [2.05, 4.69) is 19.9 Å². The Balaban J connectivity index is 2.05. The molecule has 0 amide bonds. The molecule has 0 radical (unpaired) electrons. The summed E-state index contributed by atoms with van der Waals surface area (Å²) in [5.74, 6) is 0.584. The number of anilines is 1. The molecule has 0 saturated heterocycles. The lowest BCUT2D eigenvalue weighted by Gasteiger charge is -2.06. The maximum Gasteiger partial charge on any atom is 0.328 e. The van der Waals surface area contributed by atoms with E-state index in [9.17, 15) is 0 Å². The Bertz CT molecular complexity index is 724. The molecule has 0 spiro atoms. The maximum absolute atomic E-state index is 5.70. The van der Waals surface area contributed by atoms with Gasteiger partial charge in [-0.05, 0) is 35.9 Å². The van der Waals surface area contributed by atoms with Crippen LogP contribution in [-0.2, 0) is 0 Å². The Kier molecular flexibility index (Phi) is 2.85. The van der Waals surface area contributed by atoms with Crippen molar-refractivity contribution < 1.29 is 4.74 Å². The molecular weight excluding hydrogens is 266 g/mol. The van der Waals surface area contributed by atoms with E-state index < -0.39 is 0 Å². The van der Waals surface area contributed by atoms with Crippen molar-refractivity contribution in [1.82, 2.24) is 19.9 Å². The first-order valence-electron chi connectivity index (χ1n) is 5.41. The average Bonchev–Trinajstić information content (AvgIpc) is 2.38. The van der Waals surface area contributed by atoms with Gasteiger partial charge in [-0.25, -0.2) is 0 Å². The van der Waals surface area contributed by atoms with E-state index in [1.54, 1.807) is 12.3 Å². The number of fused-ring (bicyclic) bond motifs is 1. The van der Waals surface area contributed by atoms with Gasteiger partial charge in [0.2, 0.25) is 11.2 Å². The van der Waals surface area contributed by atoms with E-state index in [0.29, 0.717) is 5.75 Å². The SMILES string of the molecule is Nc1nc(Cl)nc(Oc2cccc3ncccc23)n1. The van der Waals surface area contributed by atoms with Crippen molar-refractivity contribution in [3.63, 3.8) is 0 Å². The molecule has 7 heteroatoms. The summed E-state index contributed by atoms with van der Waals surface area (Å²) in [5, 5.41) is 0.834. The number of ether oxygens (including phenoxy) is 1. The fraction of sp³-hybridized carbons (Fsp3) is 0. The van der Waals surface area contributed by atoms with Gasteiger partial charge in [-0.2, -0.15) is 15.0 Å². The number of benzene rings is 1. The van der Waals surface area contributed by atoms with Crippen LogP contribution in [0.1, 0.15) is 0 Å². The number of hydrogen-bond donors (Lipinski definition) is 1. The predicted octanol–water partition coefficient (Wildman–Crippen LogP) is 2.45. The van der Waals surface area contributed by atoms with E-state index in [1.165, 1.54) is 0 Å². The summed E-state index contributed by atoms with van der Waals surface area (Å²) in [6.07, 6.45) is 1.71. The highest BCUT2D eigenvalue weighted by atomic mass is 35.5. The minimum atomic E-state index is -0.0131. The van der Waals surface area contributed by atoms with Gasteiger partial charge in [0.25, 0.3) is 0 Å². The van der Waals surface area contributed by atoms with Crippen molar-refractivity contribution in [2.45, 2.75) is 0 Å². The van der Waals surface area contributed by atoms with Crippen molar-refractivity contribution in [2.24, 2.45) is 0 Å². The number of halogens is 1. The van der Waals surface area contributed by atoms with Crippen LogP contribution in [0.3, 0.4) is 0 Å². The zero-order valence-corrected chi connectivity index (χ0v) is 10.4. The Hall–Kier alpha value is -2.47. The topological polar surface area (TPSA) is 86.8 Å². The second kappa shape index (κ2) is 4.66. The molecule has 0 unspecified atom stereocenters. The lowest BCUT2D eigenvalue weighted by atomic mass is 10.2. The first-order chi connectivity index (χ1) is 9.22. The molecular formula is C12H8ClN5O. The van der Waals surface area contributed by atoms with E-state index in [-0.39, 0.29) is 17.2 Å². The highest BCUT2D eigenvalue weighted by molar-refractivity contribution is 6.28. The molecule has 2 aromatic heterocycles. The molecule has 1 aromatic carbocycles. The van der Waals surface area contributed by atoms with Crippen molar-refractivity contribution in [3.8, 4) is 11.8 Å². The molecule has 19 heavy (non-hydrogen) atoms. The number of nitrogen functional groups attached to an aromatic ring is 1. The molecule has 0 aliphatic heterocycles. The van der Waals surface area contributed by atoms with Crippen LogP contribution in [0.2, 0.25) is 5.28 Å². The molecule has 0 fully saturated rings. The third kappa shape index (κ3) is 2.38. The van der Waals surface area contributed by atoms with E-state index in [1.807, 2.05) is 24.3 Å². The lowest BCUT2D eigenvalue weighted by molar-refractivity contribution is 0.445. The van der Waals surface area contributed by atoms with Crippen LogP contribution in [0, 0.1) is 0 Å². The van der Waals surface area contributed by atoms with Crippen LogP contribution in [0.5, 0.6) is 11.8 Å². The zero-order chi connectivity index (χ0) is 13.2. The van der Waals surface area contributed by atoms with Gasteiger partial charge in [0.15, 0.2) is 0 Å². The lowest BCUT2D eigenvalue weighted by Crippen LogP contribution is -2.00. The highest BCUT2D eigenvalue weighted by Crippen LogP contribution is 2.27. The average molecular weight is 274 g/mol. The van der Waals surface area contributed by atoms with Crippen LogP contribution in [-0.4, -0.2) is 19.9 Å². The van der Waals surface area contributed by atoms with Crippen LogP contribution in [0.25, 0.3) is 10.9 Å². The van der Waals surface area contributed by atoms with E-state index in [0.717, 1.165) is 10.9 Å². The van der Waals surface area contributed by atoms with Crippen molar-refractivity contribution in [3.05, 3.63) is 41.8 Å². The monoisotopic (exact) mass is 273 g/mol. The Labute approximate surface area is 113 Å². The normalized spacial score (nSPS) is 10.6. The Morgan fingerprint density at radius 3 is 2.79 bits per heavy atom. The van der Waals surface area contributed by atoms with Crippen LogP contribution in [0.15, 0.2) is 36.5 Å². The molecule has 0 aliphatic rings. The van der Waals surface area contributed by atoms with E-state index >= 15 is 0 Å². The van der Waals surface area contributed by atoms with Crippen molar-refractivity contribution >= 4 is 28.5 Å². The summed E-state index contributed by atoms with van der Waals surface area (Å²) >= 11 is 5.70. The molecule has 2 heterocycles. The Morgan fingerprint density at radius 2 is 1.95 bits per heavy atom. The number of rotatable bonds is 2. The van der Waals surface area contributed by atoms with Crippen molar-refractivity contribution in [1.29, 1.82) is 0 Å². The second-order valence-electron chi connectivity index (χ2n) is 3.67. The quantitative estimate of drug-likeness (QED) is 0.772. The molecule has 6 nitrogen and oxygen atoms in total. The number of pyridine rings is 1. The van der Waals surface area contributed by atoms with Gasteiger partial charge < -0.3 is 10.5 Å². The molecule has 2 N–H and O–H groups in total. The van der Waals surface area contributed by atoms with Gasteiger partial charge in [-0.1, -0.05) is 6.07 Å². The number of nitrogens with zero attached hydrogens (tertiary/aromatic N) is 4.